The number of hydrogen-bond donors (Lipinski definition) is 2. The summed E-state index contributed by atoms with van der Waals surface area (Å²) in [5, 5.41) is 12.8. The SMILES string of the molecule is COC(=O)c1ccc(-c2cccc(C(=O)NC[C@H]3CCN(C)C3)c2)c(CO)c1. The van der Waals surface area contributed by atoms with Gasteiger partial charge in [-0.3, -0.25) is 4.79 Å². The van der Waals surface area contributed by atoms with Gasteiger partial charge in [0.1, 0.15) is 0 Å². The van der Waals surface area contributed by atoms with E-state index in [1.807, 2.05) is 18.2 Å². The molecule has 2 N–H and O–H groups in total. The number of rotatable bonds is 6. The Labute approximate surface area is 165 Å². The maximum atomic E-state index is 12.6. The van der Waals surface area contributed by atoms with Crippen molar-refractivity contribution in [2.45, 2.75) is 13.0 Å². The lowest BCUT2D eigenvalue weighted by Crippen LogP contribution is -2.30. The first kappa shape index (κ1) is 20.0. The first-order chi connectivity index (χ1) is 13.5. The van der Waals surface area contributed by atoms with Crippen LogP contribution in [-0.2, 0) is 11.3 Å². The van der Waals surface area contributed by atoms with E-state index in [1.54, 1.807) is 24.3 Å². The monoisotopic (exact) mass is 382 g/mol. The minimum absolute atomic E-state index is 0.104. The lowest BCUT2D eigenvalue weighted by molar-refractivity contribution is 0.0600. The van der Waals surface area contributed by atoms with Gasteiger partial charge in [-0.1, -0.05) is 18.2 Å². The molecule has 0 aliphatic carbocycles. The molecule has 0 aromatic heterocycles. The third kappa shape index (κ3) is 4.58. The predicted octanol–water partition coefficient (Wildman–Crippen LogP) is 2.31. The fraction of sp³-hybridized carbons (Fsp3) is 0.364. The van der Waals surface area contributed by atoms with Crippen LogP contribution in [-0.4, -0.2) is 55.7 Å². The Morgan fingerprint density at radius 3 is 2.71 bits per heavy atom. The molecule has 2 aromatic carbocycles. The van der Waals surface area contributed by atoms with Crippen molar-refractivity contribution < 1.29 is 19.4 Å². The van der Waals surface area contributed by atoms with Crippen LogP contribution in [0, 0.1) is 5.92 Å². The third-order valence-corrected chi connectivity index (χ3v) is 5.17. The van der Waals surface area contributed by atoms with Crippen LogP contribution in [0.1, 0.15) is 32.7 Å². The molecule has 0 spiro atoms. The molecular weight excluding hydrogens is 356 g/mol. The number of benzene rings is 2. The van der Waals surface area contributed by atoms with E-state index in [9.17, 15) is 14.7 Å². The summed E-state index contributed by atoms with van der Waals surface area (Å²) < 4.78 is 4.73. The molecule has 0 bridgehead atoms. The van der Waals surface area contributed by atoms with E-state index < -0.39 is 5.97 Å². The molecule has 1 atom stereocenters. The largest absolute Gasteiger partial charge is 0.465 e. The van der Waals surface area contributed by atoms with Gasteiger partial charge in [-0.05, 0) is 66.9 Å². The van der Waals surface area contributed by atoms with Gasteiger partial charge in [-0.25, -0.2) is 4.79 Å². The first-order valence-electron chi connectivity index (χ1n) is 9.41. The maximum absolute atomic E-state index is 12.6. The van der Waals surface area contributed by atoms with E-state index in [1.165, 1.54) is 7.11 Å². The number of nitrogens with zero attached hydrogens (tertiary/aromatic N) is 1. The molecule has 0 radical (unpaired) electrons. The van der Waals surface area contributed by atoms with Gasteiger partial charge in [0.05, 0.1) is 19.3 Å². The number of carbonyl (C=O) groups excluding carboxylic acids is 2. The molecule has 148 valence electrons. The standard InChI is InChI=1S/C22H26N2O4/c1-24-9-8-15(13-24)12-23-21(26)17-5-3-4-16(10-17)20-7-6-18(22(27)28-2)11-19(20)14-25/h3-7,10-11,15,25H,8-9,12-14H2,1-2H3,(H,23,26)/t15-/m1/s1. The highest BCUT2D eigenvalue weighted by Gasteiger charge is 2.20. The summed E-state index contributed by atoms with van der Waals surface area (Å²) in [6.07, 6.45) is 1.10. The van der Waals surface area contributed by atoms with Crippen LogP contribution in [0.15, 0.2) is 42.5 Å². The topological polar surface area (TPSA) is 78.9 Å². The van der Waals surface area contributed by atoms with Crippen molar-refractivity contribution in [1.82, 2.24) is 10.2 Å². The molecule has 1 saturated heterocycles. The van der Waals surface area contributed by atoms with Crippen LogP contribution < -0.4 is 5.32 Å². The molecule has 28 heavy (non-hydrogen) atoms. The number of nitrogens with one attached hydrogen (secondary N) is 1. The summed E-state index contributed by atoms with van der Waals surface area (Å²) in [5.74, 6) is -0.0657. The van der Waals surface area contributed by atoms with E-state index in [2.05, 4.69) is 17.3 Å². The number of amides is 1. The van der Waals surface area contributed by atoms with Gasteiger partial charge in [-0.15, -0.1) is 0 Å². The highest BCUT2D eigenvalue weighted by atomic mass is 16.5. The molecule has 1 amide bonds. The van der Waals surface area contributed by atoms with Crippen LogP contribution in [0.4, 0.5) is 0 Å². The fourth-order valence-electron chi connectivity index (χ4n) is 3.61. The van der Waals surface area contributed by atoms with Crippen molar-refractivity contribution >= 4 is 11.9 Å². The van der Waals surface area contributed by atoms with Gasteiger partial charge in [0.15, 0.2) is 0 Å². The smallest absolute Gasteiger partial charge is 0.337 e. The Morgan fingerprint density at radius 1 is 1.21 bits per heavy atom. The molecule has 1 heterocycles. The highest BCUT2D eigenvalue weighted by molar-refractivity contribution is 5.96. The van der Waals surface area contributed by atoms with E-state index in [4.69, 9.17) is 4.74 Å². The van der Waals surface area contributed by atoms with Gasteiger partial charge in [0.2, 0.25) is 0 Å². The summed E-state index contributed by atoms with van der Waals surface area (Å²) in [4.78, 5) is 26.6. The number of methoxy groups -OCH3 is 1. The van der Waals surface area contributed by atoms with Crippen LogP contribution in [0.3, 0.4) is 0 Å². The second-order valence-electron chi connectivity index (χ2n) is 7.23. The number of aliphatic hydroxyl groups is 1. The van der Waals surface area contributed by atoms with Crippen LogP contribution in [0.5, 0.6) is 0 Å². The van der Waals surface area contributed by atoms with Crippen molar-refractivity contribution in [3.63, 3.8) is 0 Å². The first-order valence-corrected chi connectivity index (χ1v) is 9.41. The van der Waals surface area contributed by atoms with Crippen LogP contribution >= 0.6 is 0 Å². The predicted molar refractivity (Wildman–Crippen MR) is 107 cm³/mol. The Balaban J connectivity index is 1.77. The van der Waals surface area contributed by atoms with Gasteiger partial charge in [0, 0.05) is 18.7 Å². The second kappa shape index (κ2) is 8.99. The average molecular weight is 382 g/mol. The normalized spacial score (nSPS) is 16.8. The molecular formula is C22H26N2O4. The summed E-state index contributed by atoms with van der Waals surface area (Å²) in [7, 11) is 3.41. The minimum atomic E-state index is -0.452. The number of aliphatic hydroxyl groups excluding tert-OH is 1. The van der Waals surface area contributed by atoms with Crippen molar-refractivity contribution in [1.29, 1.82) is 0 Å². The Hall–Kier alpha value is -2.70. The van der Waals surface area contributed by atoms with Crippen molar-refractivity contribution in [3.05, 3.63) is 59.2 Å². The molecule has 1 aliphatic rings. The Kier molecular flexibility index (Phi) is 6.44. The fourth-order valence-corrected chi connectivity index (χ4v) is 3.61. The molecule has 3 rings (SSSR count). The van der Waals surface area contributed by atoms with E-state index in [0.717, 1.165) is 30.6 Å². The molecule has 6 nitrogen and oxygen atoms in total. The van der Waals surface area contributed by atoms with E-state index >= 15 is 0 Å². The molecule has 0 unspecified atom stereocenters. The maximum Gasteiger partial charge on any atom is 0.337 e. The third-order valence-electron chi connectivity index (χ3n) is 5.17. The molecule has 2 aromatic rings. The van der Waals surface area contributed by atoms with Gasteiger partial charge in [0.25, 0.3) is 5.91 Å². The quantitative estimate of drug-likeness (QED) is 0.750. The summed E-state index contributed by atoms with van der Waals surface area (Å²) in [6.45, 7) is 2.53. The average Bonchev–Trinajstić information content (AvgIpc) is 3.16. The zero-order chi connectivity index (χ0) is 20.1. The number of ether oxygens (including phenoxy) is 1. The molecule has 0 saturated carbocycles. The molecule has 6 heteroatoms. The lowest BCUT2D eigenvalue weighted by atomic mass is 9.96. The van der Waals surface area contributed by atoms with Gasteiger partial charge in [-0.2, -0.15) is 0 Å². The van der Waals surface area contributed by atoms with Gasteiger partial charge < -0.3 is 20.1 Å². The highest BCUT2D eigenvalue weighted by Crippen LogP contribution is 2.26. The zero-order valence-electron chi connectivity index (χ0n) is 16.3. The minimum Gasteiger partial charge on any atom is -0.465 e. The van der Waals surface area contributed by atoms with Crippen molar-refractivity contribution in [3.8, 4) is 11.1 Å². The number of esters is 1. The Morgan fingerprint density at radius 2 is 2.04 bits per heavy atom. The van der Waals surface area contributed by atoms with Crippen LogP contribution in [0.25, 0.3) is 11.1 Å². The van der Waals surface area contributed by atoms with E-state index in [0.29, 0.717) is 29.2 Å². The lowest BCUT2D eigenvalue weighted by Gasteiger charge is -2.13. The number of carbonyl (C=O) groups is 2. The zero-order valence-corrected chi connectivity index (χ0v) is 16.3. The number of hydrogen-bond acceptors (Lipinski definition) is 5. The second-order valence-corrected chi connectivity index (χ2v) is 7.23. The van der Waals surface area contributed by atoms with Crippen molar-refractivity contribution in [2.75, 3.05) is 33.8 Å². The summed E-state index contributed by atoms with van der Waals surface area (Å²) in [6, 6.07) is 12.3. The summed E-state index contributed by atoms with van der Waals surface area (Å²) in [5.41, 5.74) is 3.15. The molecule has 1 aliphatic heterocycles. The van der Waals surface area contributed by atoms with Gasteiger partial charge >= 0.3 is 5.97 Å². The summed E-state index contributed by atoms with van der Waals surface area (Å²) >= 11 is 0. The van der Waals surface area contributed by atoms with E-state index in [-0.39, 0.29) is 12.5 Å². The molecule has 1 fully saturated rings. The Bertz CT molecular complexity index is 865. The van der Waals surface area contributed by atoms with Crippen molar-refractivity contribution in [2.24, 2.45) is 5.92 Å². The number of likely N-dealkylation sites (tertiary alicyclic amines) is 1. The van der Waals surface area contributed by atoms with Crippen LogP contribution in [0.2, 0.25) is 0 Å².